The van der Waals surface area contributed by atoms with Crippen molar-refractivity contribution in [1.29, 1.82) is 0 Å². The van der Waals surface area contributed by atoms with Crippen LogP contribution in [0.25, 0.3) is 0 Å². The summed E-state index contributed by atoms with van der Waals surface area (Å²) < 4.78 is 36.5. The SMILES string of the molecule is CCc1nc(C(F)(F)F)ncc1SCl. The first-order chi connectivity index (χ1) is 6.49. The molecule has 0 saturated carbocycles. The molecule has 0 amide bonds. The molecule has 0 aliphatic heterocycles. The summed E-state index contributed by atoms with van der Waals surface area (Å²) in [5, 5.41) is 0. The van der Waals surface area contributed by atoms with E-state index in [-0.39, 0.29) is 0 Å². The third kappa shape index (κ3) is 2.51. The molecular formula is C7H6ClF3N2S. The Morgan fingerprint density at radius 3 is 2.57 bits per heavy atom. The smallest absolute Gasteiger partial charge is 0.232 e. The Morgan fingerprint density at radius 1 is 1.50 bits per heavy atom. The highest BCUT2D eigenvalue weighted by Crippen LogP contribution is 2.30. The van der Waals surface area contributed by atoms with E-state index >= 15 is 0 Å². The third-order valence-corrected chi connectivity index (χ3v) is 2.51. The van der Waals surface area contributed by atoms with Gasteiger partial charge in [0.1, 0.15) is 0 Å². The second-order valence-electron chi connectivity index (χ2n) is 2.43. The zero-order valence-electron chi connectivity index (χ0n) is 7.10. The Balaban J connectivity index is 3.14. The minimum atomic E-state index is -4.50. The van der Waals surface area contributed by atoms with Crippen molar-refractivity contribution < 1.29 is 13.2 Å². The quantitative estimate of drug-likeness (QED) is 0.796. The molecule has 1 aromatic rings. The molecule has 7 heteroatoms. The van der Waals surface area contributed by atoms with Crippen molar-refractivity contribution >= 4 is 21.7 Å². The number of aryl methyl sites for hydroxylation is 1. The van der Waals surface area contributed by atoms with Crippen molar-refractivity contribution in [3.63, 3.8) is 0 Å². The summed E-state index contributed by atoms with van der Waals surface area (Å²) >= 11 is 0. The van der Waals surface area contributed by atoms with Gasteiger partial charge in [-0.25, -0.2) is 9.97 Å². The Morgan fingerprint density at radius 2 is 2.14 bits per heavy atom. The summed E-state index contributed by atoms with van der Waals surface area (Å²) in [5.74, 6) is -1.12. The predicted octanol–water partition coefficient (Wildman–Crippen LogP) is 3.30. The van der Waals surface area contributed by atoms with Gasteiger partial charge in [-0.1, -0.05) is 6.92 Å². The minimum absolute atomic E-state index is 0.312. The van der Waals surface area contributed by atoms with Gasteiger partial charge in [0, 0.05) is 6.20 Å². The van der Waals surface area contributed by atoms with E-state index in [2.05, 4.69) is 9.97 Å². The number of aromatic nitrogens is 2. The van der Waals surface area contributed by atoms with E-state index < -0.39 is 12.0 Å². The van der Waals surface area contributed by atoms with Crippen LogP contribution in [0.15, 0.2) is 11.1 Å². The lowest BCUT2D eigenvalue weighted by molar-refractivity contribution is -0.145. The summed E-state index contributed by atoms with van der Waals surface area (Å²) in [6.07, 6.45) is -3.02. The average molecular weight is 243 g/mol. The Hall–Kier alpha value is -0.490. The highest BCUT2D eigenvalue weighted by Gasteiger charge is 2.35. The van der Waals surface area contributed by atoms with Gasteiger partial charge < -0.3 is 0 Å². The zero-order chi connectivity index (χ0) is 10.8. The molecule has 0 aliphatic rings. The van der Waals surface area contributed by atoms with Gasteiger partial charge in [0.2, 0.25) is 5.82 Å². The van der Waals surface area contributed by atoms with Crippen LogP contribution in [-0.4, -0.2) is 9.97 Å². The van der Waals surface area contributed by atoms with E-state index in [1.54, 1.807) is 6.92 Å². The van der Waals surface area contributed by atoms with Crippen LogP contribution in [0.4, 0.5) is 13.2 Å². The molecular weight excluding hydrogens is 237 g/mol. The van der Waals surface area contributed by atoms with Gasteiger partial charge in [-0.2, -0.15) is 13.2 Å². The van der Waals surface area contributed by atoms with E-state index in [4.69, 9.17) is 10.7 Å². The number of hydrogen-bond donors (Lipinski definition) is 0. The molecule has 0 spiro atoms. The molecule has 0 aliphatic carbocycles. The summed E-state index contributed by atoms with van der Waals surface area (Å²) in [5.41, 5.74) is 0.312. The van der Waals surface area contributed by atoms with Crippen LogP contribution in [0.5, 0.6) is 0 Å². The lowest BCUT2D eigenvalue weighted by Gasteiger charge is -2.07. The summed E-state index contributed by atoms with van der Waals surface area (Å²) in [4.78, 5) is 7.04. The number of rotatable bonds is 2. The summed E-state index contributed by atoms with van der Waals surface area (Å²) in [6, 6.07) is 0. The van der Waals surface area contributed by atoms with Crippen molar-refractivity contribution in [2.45, 2.75) is 24.4 Å². The van der Waals surface area contributed by atoms with Crippen LogP contribution in [0.3, 0.4) is 0 Å². The first-order valence-electron chi connectivity index (χ1n) is 3.70. The fraction of sp³-hybridized carbons (Fsp3) is 0.429. The van der Waals surface area contributed by atoms with E-state index in [1.165, 1.54) is 0 Å². The van der Waals surface area contributed by atoms with Gasteiger partial charge in [-0.3, -0.25) is 0 Å². The molecule has 78 valence electrons. The average Bonchev–Trinajstić information content (AvgIpc) is 2.15. The maximum Gasteiger partial charge on any atom is 0.451 e. The molecule has 0 unspecified atom stereocenters. The van der Waals surface area contributed by atoms with E-state index in [9.17, 15) is 13.2 Å². The molecule has 0 aromatic carbocycles. The van der Waals surface area contributed by atoms with E-state index in [1.807, 2.05) is 0 Å². The molecule has 0 radical (unpaired) electrons. The molecule has 0 fully saturated rings. The van der Waals surface area contributed by atoms with Crippen molar-refractivity contribution in [1.82, 2.24) is 9.97 Å². The minimum Gasteiger partial charge on any atom is -0.232 e. The molecule has 0 saturated heterocycles. The lowest BCUT2D eigenvalue weighted by Crippen LogP contribution is -2.12. The molecule has 0 bridgehead atoms. The van der Waals surface area contributed by atoms with E-state index in [0.717, 1.165) is 17.2 Å². The van der Waals surface area contributed by atoms with Crippen LogP contribution in [-0.2, 0) is 12.6 Å². The fourth-order valence-electron chi connectivity index (χ4n) is 0.860. The van der Waals surface area contributed by atoms with Crippen molar-refractivity contribution in [2.24, 2.45) is 0 Å². The van der Waals surface area contributed by atoms with Gasteiger partial charge >= 0.3 is 6.18 Å². The van der Waals surface area contributed by atoms with Gasteiger partial charge in [0.25, 0.3) is 0 Å². The van der Waals surface area contributed by atoms with Crippen LogP contribution in [0.1, 0.15) is 18.4 Å². The predicted molar refractivity (Wildman–Crippen MR) is 48.1 cm³/mol. The summed E-state index contributed by atoms with van der Waals surface area (Å²) in [6.45, 7) is 1.71. The number of alkyl halides is 3. The monoisotopic (exact) mass is 242 g/mol. The topological polar surface area (TPSA) is 25.8 Å². The molecule has 0 N–H and O–H groups in total. The molecule has 1 rings (SSSR count). The van der Waals surface area contributed by atoms with Crippen molar-refractivity contribution in [3.8, 4) is 0 Å². The standard InChI is InChI=1S/C7H6ClF3N2S/c1-2-4-5(14-8)3-12-6(13-4)7(9,10)11/h3H,2H2,1H3. The second kappa shape index (κ2) is 4.35. The molecule has 2 nitrogen and oxygen atoms in total. The van der Waals surface area contributed by atoms with Crippen LogP contribution in [0.2, 0.25) is 0 Å². The zero-order valence-corrected chi connectivity index (χ0v) is 8.67. The van der Waals surface area contributed by atoms with Gasteiger partial charge in [-0.15, -0.1) is 0 Å². The Bertz CT molecular complexity index is 329. The lowest BCUT2D eigenvalue weighted by atomic mass is 10.3. The Labute approximate surface area is 87.4 Å². The van der Waals surface area contributed by atoms with Crippen LogP contribution in [0, 0.1) is 0 Å². The highest BCUT2D eigenvalue weighted by molar-refractivity contribution is 8.21. The first-order valence-corrected chi connectivity index (χ1v) is 5.35. The maximum absolute atomic E-state index is 12.2. The molecule has 14 heavy (non-hydrogen) atoms. The van der Waals surface area contributed by atoms with Gasteiger partial charge in [0.05, 0.1) is 10.6 Å². The number of hydrogen-bond acceptors (Lipinski definition) is 3. The van der Waals surface area contributed by atoms with Crippen molar-refractivity contribution in [2.75, 3.05) is 0 Å². The van der Waals surface area contributed by atoms with Crippen molar-refractivity contribution in [3.05, 3.63) is 17.7 Å². The van der Waals surface area contributed by atoms with Gasteiger partial charge in [0.15, 0.2) is 0 Å². The van der Waals surface area contributed by atoms with E-state index in [0.29, 0.717) is 17.0 Å². The van der Waals surface area contributed by atoms with Crippen LogP contribution < -0.4 is 0 Å². The summed E-state index contributed by atoms with van der Waals surface area (Å²) in [7, 11) is 6.25. The Kier molecular flexibility index (Phi) is 3.60. The first kappa shape index (κ1) is 11.6. The second-order valence-corrected chi connectivity index (χ2v) is 3.49. The fourth-order valence-corrected chi connectivity index (χ4v) is 1.62. The number of nitrogens with zero attached hydrogens (tertiary/aromatic N) is 2. The maximum atomic E-state index is 12.2. The van der Waals surface area contributed by atoms with Crippen LogP contribution >= 0.6 is 21.7 Å². The third-order valence-electron chi connectivity index (χ3n) is 1.50. The highest BCUT2D eigenvalue weighted by atomic mass is 35.7. The number of halogens is 4. The molecule has 1 heterocycles. The molecule has 0 atom stereocenters. The largest absolute Gasteiger partial charge is 0.451 e. The molecule has 1 aromatic heterocycles. The van der Waals surface area contributed by atoms with Gasteiger partial charge in [-0.05, 0) is 28.1 Å². The normalized spacial score (nSPS) is 11.8.